The topological polar surface area (TPSA) is 55.1 Å². The Labute approximate surface area is 106 Å². The van der Waals surface area contributed by atoms with Gasteiger partial charge in [0, 0.05) is 5.69 Å². The van der Waals surface area contributed by atoms with E-state index in [1.807, 2.05) is 60.7 Å². The molecule has 18 heavy (non-hydrogen) atoms. The summed E-state index contributed by atoms with van der Waals surface area (Å²) in [5.41, 5.74) is 7.49. The molecule has 2 aromatic carbocycles. The SMILES string of the molecule is NC(=O)C(=Cc1ccccc1)Nc1ccccc1. The third kappa shape index (κ3) is 3.22. The van der Waals surface area contributed by atoms with Gasteiger partial charge in [-0.05, 0) is 23.8 Å². The second kappa shape index (κ2) is 5.68. The third-order valence-corrected chi connectivity index (χ3v) is 2.43. The van der Waals surface area contributed by atoms with E-state index < -0.39 is 5.91 Å². The van der Waals surface area contributed by atoms with E-state index in [2.05, 4.69) is 5.32 Å². The maximum atomic E-state index is 11.4. The van der Waals surface area contributed by atoms with Crippen molar-refractivity contribution in [3.05, 3.63) is 71.9 Å². The highest BCUT2D eigenvalue weighted by Gasteiger charge is 2.04. The predicted octanol–water partition coefficient (Wildman–Crippen LogP) is 2.62. The number of primary amides is 1. The van der Waals surface area contributed by atoms with Gasteiger partial charge in [0.15, 0.2) is 0 Å². The van der Waals surface area contributed by atoms with E-state index in [1.54, 1.807) is 6.08 Å². The number of carbonyl (C=O) groups excluding carboxylic acids is 1. The molecule has 0 saturated carbocycles. The van der Waals surface area contributed by atoms with Gasteiger partial charge in [0.2, 0.25) is 0 Å². The molecule has 3 nitrogen and oxygen atoms in total. The van der Waals surface area contributed by atoms with Crippen molar-refractivity contribution >= 4 is 17.7 Å². The Morgan fingerprint density at radius 3 is 2.06 bits per heavy atom. The summed E-state index contributed by atoms with van der Waals surface area (Å²) in [6.45, 7) is 0. The van der Waals surface area contributed by atoms with E-state index in [0.717, 1.165) is 11.3 Å². The third-order valence-electron chi connectivity index (χ3n) is 2.43. The number of hydrogen-bond donors (Lipinski definition) is 2. The van der Waals surface area contributed by atoms with Crippen LogP contribution in [0.1, 0.15) is 5.56 Å². The molecule has 0 aromatic heterocycles. The average Bonchev–Trinajstić information content (AvgIpc) is 2.40. The van der Waals surface area contributed by atoms with Crippen LogP contribution < -0.4 is 11.1 Å². The maximum Gasteiger partial charge on any atom is 0.265 e. The monoisotopic (exact) mass is 238 g/mol. The van der Waals surface area contributed by atoms with Crippen LogP contribution in [0, 0.1) is 0 Å². The zero-order valence-corrected chi connectivity index (χ0v) is 9.84. The Bertz CT molecular complexity index is 547. The Morgan fingerprint density at radius 2 is 1.50 bits per heavy atom. The maximum absolute atomic E-state index is 11.4. The molecule has 0 saturated heterocycles. The molecular formula is C15H14N2O. The summed E-state index contributed by atoms with van der Waals surface area (Å²) in [7, 11) is 0. The molecule has 0 radical (unpaired) electrons. The van der Waals surface area contributed by atoms with Crippen LogP contribution in [-0.2, 0) is 4.79 Å². The average molecular weight is 238 g/mol. The van der Waals surface area contributed by atoms with Crippen LogP contribution in [-0.4, -0.2) is 5.91 Å². The number of carbonyl (C=O) groups is 1. The molecule has 2 aromatic rings. The van der Waals surface area contributed by atoms with Gasteiger partial charge in [0.1, 0.15) is 5.70 Å². The van der Waals surface area contributed by atoms with Crippen molar-refractivity contribution in [2.75, 3.05) is 5.32 Å². The van der Waals surface area contributed by atoms with Crippen LogP contribution in [0.3, 0.4) is 0 Å². The first kappa shape index (κ1) is 11.9. The summed E-state index contributed by atoms with van der Waals surface area (Å²) >= 11 is 0. The van der Waals surface area contributed by atoms with Gasteiger partial charge in [-0.25, -0.2) is 0 Å². The zero-order chi connectivity index (χ0) is 12.8. The van der Waals surface area contributed by atoms with Gasteiger partial charge in [-0.15, -0.1) is 0 Å². The predicted molar refractivity (Wildman–Crippen MR) is 73.7 cm³/mol. The van der Waals surface area contributed by atoms with E-state index in [-0.39, 0.29) is 0 Å². The highest BCUT2D eigenvalue weighted by Crippen LogP contribution is 2.12. The second-order valence-electron chi connectivity index (χ2n) is 3.82. The van der Waals surface area contributed by atoms with Crippen molar-refractivity contribution in [2.45, 2.75) is 0 Å². The summed E-state index contributed by atoms with van der Waals surface area (Å²) in [4.78, 5) is 11.4. The van der Waals surface area contributed by atoms with Crippen molar-refractivity contribution in [2.24, 2.45) is 5.73 Å². The fourth-order valence-electron chi connectivity index (χ4n) is 1.56. The van der Waals surface area contributed by atoms with Crippen LogP contribution in [0.5, 0.6) is 0 Å². The van der Waals surface area contributed by atoms with Crippen molar-refractivity contribution in [3.8, 4) is 0 Å². The minimum atomic E-state index is -0.484. The Balaban J connectivity index is 2.25. The molecule has 3 N–H and O–H groups in total. The van der Waals surface area contributed by atoms with Gasteiger partial charge in [-0.2, -0.15) is 0 Å². The normalized spacial score (nSPS) is 11.0. The molecule has 0 spiro atoms. The zero-order valence-electron chi connectivity index (χ0n) is 9.84. The fraction of sp³-hybridized carbons (Fsp3) is 0. The Morgan fingerprint density at radius 1 is 0.944 bits per heavy atom. The number of para-hydroxylation sites is 1. The fourth-order valence-corrected chi connectivity index (χ4v) is 1.56. The van der Waals surface area contributed by atoms with Gasteiger partial charge in [0.25, 0.3) is 5.91 Å². The molecule has 0 unspecified atom stereocenters. The van der Waals surface area contributed by atoms with Crippen molar-refractivity contribution < 1.29 is 4.79 Å². The van der Waals surface area contributed by atoms with Gasteiger partial charge >= 0.3 is 0 Å². The van der Waals surface area contributed by atoms with E-state index in [0.29, 0.717) is 5.70 Å². The van der Waals surface area contributed by atoms with E-state index in [1.165, 1.54) is 0 Å². The molecule has 0 aliphatic heterocycles. The molecule has 0 heterocycles. The first-order valence-corrected chi connectivity index (χ1v) is 5.64. The van der Waals surface area contributed by atoms with Crippen LogP contribution >= 0.6 is 0 Å². The number of rotatable bonds is 4. The number of hydrogen-bond acceptors (Lipinski definition) is 2. The first-order valence-electron chi connectivity index (χ1n) is 5.64. The largest absolute Gasteiger partial charge is 0.364 e. The highest BCUT2D eigenvalue weighted by molar-refractivity contribution is 5.99. The van der Waals surface area contributed by atoms with Crippen LogP contribution in [0.25, 0.3) is 6.08 Å². The summed E-state index contributed by atoms with van der Waals surface area (Å²) < 4.78 is 0. The lowest BCUT2D eigenvalue weighted by atomic mass is 10.2. The number of nitrogens with two attached hydrogens (primary N) is 1. The lowest BCUT2D eigenvalue weighted by Crippen LogP contribution is -2.19. The molecule has 0 atom stereocenters. The highest BCUT2D eigenvalue weighted by atomic mass is 16.1. The molecule has 1 amide bonds. The van der Waals surface area contributed by atoms with Crippen molar-refractivity contribution in [3.63, 3.8) is 0 Å². The number of benzene rings is 2. The minimum absolute atomic E-state index is 0.368. The van der Waals surface area contributed by atoms with E-state index >= 15 is 0 Å². The van der Waals surface area contributed by atoms with Crippen molar-refractivity contribution in [1.82, 2.24) is 0 Å². The smallest absolute Gasteiger partial charge is 0.265 e. The summed E-state index contributed by atoms with van der Waals surface area (Å²) in [6, 6.07) is 19.0. The van der Waals surface area contributed by atoms with Crippen LogP contribution in [0.4, 0.5) is 5.69 Å². The Hall–Kier alpha value is -2.55. The van der Waals surface area contributed by atoms with Crippen LogP contribution in [0.2, 0.25) is 0 Å². The standard InChI is InChI=1S/C15H14N2O/c16-15(18)14(11-12-7-3-1-4-8-12)17-13-9-5-2-6-10-13/h1-11,17H,(H2,16,18). The molecule has 3 heteroatoms. The van der Waals surface area contributed by atoms with Gasteiger partial charge < -0.3 is 11.1 Å². The number of anilines is 1. The summed E-state index contributed by atoms with van der Waals surface area (Å²) in [5.74, 6) is -0.484. The Kier molecular flexibility index (Phi) is 3.76. The van der Waals surface area contributed by atoms with Gasteiger partial charge in [0.05, 0.1) is 0 Å². The lowest BCUT2D eigenvalue weighted by Gasteiger charge is -2.07. The summed E-state index contributed by atoms with van der Waals surface area (Å²) in [6.07, 6.45) is 1.73. The number of amides is 1. The molecule has 2 rings (SSSR count). The molecule has 90 valence electrons. The first-order chi connectivity index (χ1) is 8.75. The minimum Gasteiger partial charge on any atom is -0.364 e. The molecule has 0 fully saturated rings. The summed E-state index contributed by atoms with van der Waals surface area (Å²) in [5, 5.41) is 3.01. The molecular weight excluding hydrogens is 224 g/mol. The van der Waals surface area contributed by atoms with Gasteiger partial charge in [-0.3, -0.25) is 4.79 Å². The molecule has 0 bridgehead atoms. The van der Waals surface area contributed by atoms with Crippen LogP contribution in [0.15, 0.2) is 66.4 Å². The van der Waals surface area contributed by atoms with E-state index in [9.17, 15) is 4.79 Å². The second-order valence-corrected chi connectivity index (χ2v) is 3.82. The molecule has 0 aliphatic rings. The lowest BCUT2D eigenvalue weighted by molar-refractivity contribution is -0.114. The van der Waals surface area contributed by atoms with Gasteiger partial charge in [-0.1, -0.05) is 48.5 Å². The van der Waals surface area contributed by atoms with E-state index in [4.69, 9.17) is 5.73 Å². The number of nitrogens with one attached hydrogen (secondary N) is 1. The van der Waals surface area contributed by atoms with Crippen molar-refractivity contribution in [1.29, 1.82) is 0 Å². The molecule has 0 aliphatic carbocycles. The quantitative estimate of drug-likeness (QED) is 0.804.